The minimum atomic E-state index is -0.144. The maximum atomic E-state index is 12.9. The molecule has 2 rings (SSSR count). The van der Waals surface area contributed by atoms with E-state index in [-0.39, 0.29) is 18.3 Å². The van der Waals surface area contributed by atoms with Crippen molar-refractivity contribution in [2.75, 3.05) is 34.0 Å². The Morgan fingerprint density at radius 2 is 1.50 bits per heavy atom. The molecule has 0 spiro atoms. The van der Waals surface area contributed by atoms with Crippen molar-refractivity contribution in [3.8, 4) is 23.0 Å². The molecule has 174 valence electrons. The molecule has 0 N–H and O–H groups in total. The van der Waals surface area contributed by atoms with E-state index >= 15 is 0 Å². The summed E-state index contributed by atoms with van der Waals surface area (Å²) in [5, 5.41) is 0. The molecule has 0 heterocycles. The van der Waals surface area contributed by atoms with Crippen molar-refractivity contribution in [3.63, 3.8) is 0 Å². The third-order valence-corrected chi connectivity index (χ3v) is 4.83. The molecule has 0 aliphatic carbocycles. The lowest BCUT2D eigenvalue weighted by Gasteiger charge is -2.23. The highest BCUT2D eigenvalue weighted by Gasteiger charge is 2.17. The van der Waals surface area contributed by atoms with Gasteiger partial charge in [0.2, 0.25) is 0 Å². The largest absolute Gasteiger partial charge is 0.493 e. The van der Waals surface area contributed by atoms with Crippen molar-refractivity contribution in [1.82, 2.24) is 4.90 Å². The molecule has 0 saturated carbocycles. The van der Waals surface area contributed by atoms with Crippen LogP contribution in [-0.2, 0) is 11.3 Å². The third kappa shape index (κ3) is 6.90. The van der Waals surface area contributed by atoms with E-state index in [1.807, 2.05) is 32.0 Å². The van der Waals surface area contributed by atoms with Crippen LogP contribution in [0, 0.1) is 0 Å². The molecule has 0 atom stereocenters. The van der Waals surface area contributed by atoms with E-state index in [0.29, 0.717) is 48.3 Å². The topological polar surface area (TPSA) is 74.3 Å². The van der Waals surface area contributed by atoms with Gasteiger partial charge in [-0.15, -0.1) is 0 Å². The number of Topliss-reactive ketones (excluding diaryl/α,β-unsaturated/α-hetero) is 1. The van der Waals surface area contributed by atoms with Crippen LogP contribution in [0.5, 0.6) is 23.0 Å². The van der Waals surface area contributed by atoms with Gasteiger partial charge >= 0.3 is 0 Å². The fourth-order valence-corrected chi connectivity index (χ4v) is 3.16. The van der Waals surface area contributed by atoms with Crippen LogP contribution in [-0.4, -0.2) is 50.6 Å². The Kier molecular flexibility index (Phi) is 9.85. The molecule has 7 nitrogen and oxygen atoms in total. The fourth-order valence-electron chi connectivity index (χ4n) is 3.16. The molecule has 0 fully saturated rings. The lowest BCUT2D eigenvalue weighted by molar-refractivity contribution is -0.134. The first kappa shape index (κ1) is 25.0. The predicted molar refractivity (Wildman–Crippen MR) is 123 cm³/mol. The van der Waals surface area contributed by atoms with Gasteiger partial charge in [0.05, 0.1) is 20.8 Å². The first-order valence-corrected chi connectivity index (χ1v) is 10.8. The van der Waals surface area contributed by atoms with Crippen LogP contribution in [0.4, 0.5) is 0 Å². The van der Waals surface area contributed by atoms with E-state index in [1.165, 1.54) is 14.0 Å². The minimum Gasteiger partial charge on any atom is -0.493 e. The number of ketones is 1. The Morgan fingerprint density at radius 1 is 0.844 bits per heavy atom. The standard InChI is InChI=1S/C25H33NO6/c1-6-12-26(16-19-8-10-21(31-13-7-2)23(14-19)29-4)25(28)17-32-22-11-9-20(18(3)27)15-24(22)30-5/h8-11,14-15H,6-7,12-13,16-17H2,1-5H3. The number of benzene rings is 2. The van der Waals surface area contributed by atoms with Gasteiger partial charge in [0.1, 0.15) is 0 Å². The molecule has 0 aromatic heterocycles. The molecule has 0 radical (unpaired) electrons. The zero-order chi connectivity index (χ0) is 23.5. The second-order valence-corrected chi connectivity index (χ2v) is 7.36. The van der Waals surface area contributed by atoms with E-state index < -0.39 is 0 Å². The van der Waals surface area contributed by atoms with Gasteiger partial charge in [0, 0.05) is 18.7 Å². The first-order chi connectivity index (χ1) is 15.4. The second-order valence-electron chi connectivity index (χ2n) is 7.36. The number of hydrogen-bond donors (Lipinski definition) is 0. The molecule has 7 heteroatoms. The van der Waals surface area contributed by atoms with Crippen molar-refractivity contribution in [1.29, 1.82) is 0 Å². The van der Waals surface area contributed by atoms with Gasteiger partial charge in [-0.25, -0.2) is 0 Å². The monoisotopic (exact) mass is 443 g/mol. The van der Waals surface area contributed by atoms with E-state index in [4.69, 9.17) is 18.9 Å². The smallest absolute Gasteiger partial charge is 0.260 e. The first-order valence-electron chi connectivity index (χ1n) is 10.8. The molecular weight excluding hydrogens is 410 g/mol. The summed E-state index contributed by atoms with van der Waals surface area (Å²) in [7, 11) is 3.10. The Morgan fingerprint density at radius 3 is 2.12 bits per heavy atom. The minimum absolute atomic E-state index is 0.0680. The fraction of sp³-hybridized carbons (Fsp3) is 0.440. The predicted octanol–water partition coefficient (Wildman–Crippen LogP) is 4.51. The van der Waals surface area contributed by atoms with E-state index in [1.54, 1.807) is 30.2 Å². The van der Waals surface area contributed by atoms with Gasteiger partial charge in [0.25, 0.3) is 5.91 Å². The lowest BCUT2D eigenvalue weighted by Crippen LogP contribution is -2.35. The molecular formula is C25H33NO6. The van der Waals surface area contributed by atoms with Crippen molar-refractivity contribution in [2.45, 2.75) is 40.2 Å². The number of ether oxygens (including phenoxy) is 4. The number of rotatable bonds is 13. The van der Waals surface area contributed by atoms with Crippen molar-refractivity contribution < 1.29 is 28.5 Å². The highest BCUT2D eigenvalue weighted by atomic mass is 16.5. The Labute approximate surface area is 190 Å². The van der Waals surface area contributed by atoms with Crippen LogP contribution in [0.1, 0.15) is 49.5 Å². The molecule has 0 bridgehead atoms. The molecule has 0 aliphatic rings. The number of hydrogen-bond acceptors (Lipinski definition) is 6. The zero-order valence-corrected chi connectivity index (χ0v) is 19.6. The van der Waals surface area contributed by atoms with Crippen molar-refractivity contribution >= 4 is 11.7 Å². The summed E-state index contributed by atoms with van der Waals surface area (Å²) in [6.07, 6.45) is 1.73. The maximum Gasteiger partial charge on any atom is 0.260 e. The van der Waals surface area contributed by atoms with E-state index in [2.05, 4.69) is 0 Å². The third-order valence-electron chi connectivity index (χ3n) is 4.83. The van der Waals surface area contributed by atoms with Crippen LogP contribution < -0.4 is 18.9 Å². The maximum absolute atomic E-state index is 12.9. The average Bonchev–Trinajstić information content (AvgIpc) is 2.80. The van der Waals surface area contributed by atoms with Crippen LogP contribution in [0.3, 0.4) is 0 Å². The summed E-state index contributed by atoms with van der Waals surface area (Å²) in [6, 6.07) is 10.6. The SMILES string of the molecule is CCCOc1ccc(CN(CCC)C(=O)COc2ccc(C(C)=O)cc2OC)cc1OC. The molecule has 2 aromatic rings. The summed E-state index contributed by atoms with van der Waals surface area (Å²) in [4.78, 5) is 26.2. The highest BCUT2D eigenvalue weighted by Crippen LogP contribution is 2.30. The summed E-state index contributed by atoms with van der Waals surface area (Å²) in [5.74, 6) is 1.96. The lowest BCUT2D eigenvalue weighted by atomic mass is 10.1. The molecule has 1 amide bonds. The van der Waals surface area contributed by atoms with Gasteiger partial charge in [-0.05, 0) is 55.7 Å². The number of carbonyl (C=O) groups excluding carboxylic acids is 2. The summed E-state index contributed by atoms with van der Waals surface area (Å²) < 4.78 is 22.2. The Hall–Kier alpha value is -3.22. The van der Waals surface area contributed by atoms with Gasteiger partial charge in [-0.2, -0.15) is 0 Å². The quantitative estimate of drug-likeness (QED) is 0.424. The Bertz CT molecular complexity index is 911. The van der Waals surface area contributed by atoms with Gasteiger partial charge in [-0.3, -0.25) is 9.59 Å². The van der Waals surface area contributed by atoms with Crippen LogP contribution in [0.2, 0.25) is 0 Å². The van der Waals surface area contributed by atoms with Crippen molar-refractivity contribution in [3.05, 3.63) is 47.5 Å². The van der Waals surface area contributed by atoms with Gasteiger partial charge < -0.3 is 23.8 Å². The molecule has 32 heavy (non-hydrogen) atoms. The number of nitrogens with zero attached hydrogens (tertiary/aromatic N) is 1. The van der Waals surface area contributed by atoms with E-state index in [9.17, 15) is 9.59 Å². The molecule has 0 unspecified atom stereocenters. The number of methoxy groups -OCH3 is 2. The highest BCUT2D eigenvalue weighted by molar-refractivity contribution is 5.94. The second kappa shape index (κ2) is 12.6. The number of amides is 1. The summed E-state index contributed by atoms with van der Waals surface area (Å²) in [5.41, 5.74) is 1.46. The Balaban J connectivity index is 2.09. The van der Waals surface area contributed by atoms with Crippen molar-refractivity contribution in [2.24, 2.45) is 0 Å². The average molecular weight is 444 g/mol. The van der Waals surface area contributed by atoms with Crippen LogP contribution in [0.15, 0.2) is 36.4 Å². The summed E-state index contributed by atoms with van der Waals surface area (Å²) >= 11 is 0. The molecule has 0 aliphatic heterocycles. The molecule has 0 saturated heterocycles. The molecule has 2 aromatic carbocycles. The zero-order valence-electron chi connectivity index (χ0n) is 19.6. The van der Waals surface area contributed by atoms with E-state index in [0.717, 1.165) is 18.4 Å². The summed E-state index contributed by atoms with van der Waals surface area (Å²) in [6.45, 7) is 7.06. The van der Waals surface area contributed by atoms with Crippen LogP contribution in [0.25, 0.3) is 0 Å². The van der Waals surface area contributed by atoms with Gasteiger partial charge in [0.15, 0.2) is 35.4 Å². The number of carbonyl (C=O) groups is 2. The normalized spacial score (nSPS) is 10.4. The van der Waals surface area contributed by atoms with Crippen LogP contribution >= 0.6 is 0 Å². The van der Waals surface area contributed by atoms with Gasteiger partial charge in [-0.1, -0.05) is 19.9 Å².